The molecule has 0 radical (unpaired) electrons. The van der Waals surface area contributed by atoms with Gasteiger partial charge >= 0.3 is 0 Å². The second kappa shape index (κ2) is 4.62. The van der Waals surface area contributed by atoms with Crippen LogP contribution < -0.4 is 5.73 Å². The van der Waals surface area contributed by atoms with Crippen molar-refractivity contribution in [2.45, 2.75) is 6.42 Å². The second-order valence-electron chi connectivity index (χ2n) is 2.47. The average Bonchev–Trinajstić information content (AvgIpc) is 2.07. The van der Waals surface area contributed by atoms with Crippen molar-refractivity contribution in [2.75, 3.05) is 11.5 Å². The maximum Gasteiger partial charge on any atom is 0.146 e. The van der Waals surface area contributed by atoms with Crippen molar-refractivity contribution in [1.82, 2.24) is 0 Å². The molecule has 1 nitrogen and oxygen atoms in total. The summed E-state index contributed by atoms with van der Waals surface area (Å²) in [7, 11) is 1.03. The largest absolute Gasteiger partial charge is 0.396 e. The van der Waals surface area contributed by atoms with Gasteiger partial charge in [-0.25, -0.2) is 4.39 Å². The minimum atomic E-state index is -0.330. The van der Waals surface area contributed by atoms with E-state index >= 15 is 0 Å². The SMILES string of the molecule is Nc1ccc(CC[SH+]S)cc1F. The van der Waals surface area contributed by atoms with E-state index < -0.39 is 0 Å². The van der Waals surface area contributed by atoms with Crippen LogP contribution in [0.2, 0.25) is 0 Å². The molecule has 0 amide bonds. The molecule has 0 saturated carbocycles. The van der Waals surface area contributed by atoms with Crippen molar-refractivity contribution in [3.05, 3.63) is 29.6 Å². The smallest absolute Gasteiger partial charge is 0.146 e. The fraction of sp³-hybridized carbons (Fsp3) is 0.250. The zero-order valence-electron chi connectivity index (χ0n) is 6.50. The van der Waals surface area contributed by atoms with E-state index in [-0.39, 0.29) is 11.5 Å². The molecule has 1 rings (SSSR count). The van der Waals surface area contributed by atoms with Crippen LogP contribution in [0.4, 0.5) is 10.1 Å². The summed E-state index contributed by atoms with van der Waals surface area (Å²) in [5.41, 5.74) is 6.51. The zero-order valence-corrected chi connectivity index (χ0v) is 8.28. The van der Waals surface area contributed by atoms with Gasteiger partial charge < -0.3 is 5.73 Å². The number of nitrogen functional groups attached to an aromatic ring is 1. The topological polar surface area (TPSA) is 26.0 Å². The van der Waals surface area contributed by atoms with Crippen molar-refractivity contribution >= 4 is 28.1 Å². The molecule has 0 aliphatic carbocycles. The van der Waals surface area contributed by atoms with Crippen LogP contribution >= 0.6 is 11.7 Å². The molecule has 4 heteroatoms. The molecule has 1 aromatic carbocycles. The van der Waals surface area contributed by atoms with E-state index in [1.54, 1.807) is 6.07 Å². The van der Waals surface area contributed by atoms with Gasteiger partial charge in [-0.2, -0.15) is 0 Å². The first-order valence-electron chi connectivity index (χ1n) is 3.59. The van der Waals surface area contributed by atoms with E-state index in [1.165, 1.54) is 6.07 Å². The van der Waals surface area contributed by atoms with Gasteiger partial charge in [0.05, 0.1) is 17.3 Å². The number of aryl methyl sites for hydroxylation is 1. The van der Waals surface area contributed by atoms with Crippen LogP contribution in [0.15, 0.2) is 18.2 Å². The Labute approximate surface area is 80.3 Å². The van der Waals surface area contributed by atoms with Gasteiger partial charge in [0.2, 0.25) is 0 Å². The lowest BCUT2D eigenvalue weighted by atomic mass is 10.1. The Morgan fingerprint density at radius 1 is 1.50 bits per heavy atom. The van der Waals surface area contributed by atoms with Crippen LogP contribution in [-0.2, 0) is 17.2 Å². The van der Waals surface area contributed by atoms with Crippen LogP contribution in [0.1, 0.15) is 5.56 Å². The molecule has 0 unspecified atom stereocenters. The molecule has 0 aliphatic rings. The van der Waals surface area contributed by atoms with E-state index in [0.29, 0.717) is 0 Å². The van der Waals surface area contributed by atoms with Gasteiger partial charge in [0, 0.05) is 17.2 Å². The summed E-state index contributed by atoms with van der Waals surface area (Å²) >= 11 is 4.05. The van der Waals surface area contributed by atoms with E-state index in [1.807, 2.05) is 6.07 Å². The number of halogens is 1. The van der Waals surface area contributed by atoms with E-state index in [9.17, 15) is 4.39 Å². The summed E-state index contributed by atoms with van der Waals surface area (Å²) in [6.45, 7) is 0. The number of anilines is 1. The number of thiol groups is 2. The normalized spacial score (nSPS) is 10.2. The highest BCUT2D eigenvalue weighted by molar-refractivity contribution is 8.57. The van der Waals surface area contributed by atoms with Crippen LogP contribution in [0, 0.1) is 5.82 Å². The summed E-state index contributed by atoms with van der Waals surface area (Å²) in [4.78, 5) is 0. The maximum atomic E-state index is 12.9. The lowest BCUT2D eigenvalue weighted by Gasteiger charge is -1.99. The predicted octanol–water partition coefficient (Wildman–Crippen LogP) is 1.61. The molecule has 0 aromatic heterocycles. The highest BCUT2D eigenvalue weighted by atomic mass is 33.1. The first-order chi connectivity index (χ1) is 5.74. The monoisotopic (exact) mass is 204 g/mol. The van der Waals surface area contributed by atoms with Crippen molar-refractivity contribution < 1.29 is 4.39 Å². The van der Waals surface area contributed by atoms with Crippen molar-refractivity contribution in [1.29, 1.82) is 0 Å². The lowest BCUT2D eigenvalue weighted by molar-refractivity contribution is 0.630. The molecule has 2 N–H and O–H groups in total. The molecule has 0 aliphatic heterocycles. The molecule has 12 heavy (non-hydrogen) atoms. The van der Waals surface area contributed by atoms with E-state index in [0.717, 1.165) is 28.5 Å². The molecule has 0 spiro atoms. The van der Waals surface area contributed by atoms with Crippen LogP contribution in [0.25, 0.3) is 0 Å². The van der Waals surface area contributed by atoms with Gasteiger partial charge in [0.15, 0.2) is 0 Å². The van der Waals surface area contributed by atoms with Gasteiger partial charge in [-0.05, 0) is 17.7 Å². The molecular weight excluding hydrogens is 193 g/mol. The minimum Gasteiger partial charge on any atom is -0.396 e. The molecule has 0 fully saturated rings. The van der Waals surface area contributed by atoms with Crippen molar-refractivity contribution in [3.8, 4) is 0 Å². The highest BCUT2D eigenvalue weighted by Gasteiger charge is 2.00. The maximum absolute atomic E-state index is 12.9. The van der Waals surface area contributed by atoms with Gasteiger partial charge in [0.1, 0.15) is 11.6 Å². The summed E-state index contributed by atoms with van der Waals surface area (Å²) in [6.07, 6.45) is 0.849. The average molecular weight is 204 g/mol. The van der Waals surface area contributed by atoms with E-state index in [4.69, 9.17) is 5.73 Å². The molecular formula is C8H11FNS2+. The van der Waals surface area contributed by atoms with Gasteiger partial charge in [-0.15, -0.1) is 0 Å². The standard InChI is InChI=1S/C8H10FNS2/c9-7-5-6(3-4-12-11)1-2-8(7)10/h1-2,5,11H,3-4,10H2/p+1. The van der Waals surface area contributed by atoms with Gasteiger partial charge in [-0.1, -0.05) is 6.07 Å². The minimum absolute atomic E-state index is 0.210. The Morgan fingerprint density at radius 3 is 2.83 bits per heavy atom. The predicted molar refractivity (Wildman–Crippen MR) is 57.1 cm³/mol. The first kappa shape index (κ1) is 9.74. The Balaban J connectivity index is 2.69. The first-order valence-corrected chi connectivity index (χ1v) is 5.82. The number of rotatable bonds is 3. The molecule has 0 atom stereocenters. The van der Waals surface area contributed by atoms with Crippen molar-refractivity contribution in [2.24, 2.45) is 0 Å². The highest BCUT2D eigenvalue weighted by Crippen LogP contribution is 2.12. The number of hydrogen-bond acceptors (Lipinski definition) is 2. The Kier molecular flexibility index (Phi) is 3.75. The van der Waals surface area contributed by atoms with Gasteiger partial charge in [-0.3, -0.25) is 0 Å². The third-order valence-corrected chi connectivity index (χ3v) is 2.59. The van der Waals surface area contributed by atoms with Crippen LogP contribution in [0.3, 0.4) is 0 Å². The Bertz CT molecular complexity index is 265. The molecule has 1 aromatic rings. The quantitative estimate of drug-likeness (QED) is 0.333. The van der Waals surface area contributed by atoms with Crippen LogP contribution in [-0.4, -0.2) is 5.75 Å². The number of benzene rings is 1. The molecule has 0 heterocycles. The summed E-state index contributed by atoms with van der Waals surface area (Å²) in [5, 5.41) is 0. The summed E-state index contributed by atoms with van der Waals surface area (Å²) < 4.78 is 12.9. The Hall–Kier alpha value is -0.350. The summed E-state index contributed by atoms with van der Waals surface area (Å²) in [5.74, 6) is 0.607. The number of hydrogen-bond donors (Lipinski definition) is 2. The summed E-state index contributed by atoms with van der Waals surface area (Å²) in [6, 6.07) is 4.92. The Morgan fingerprint density at radius 2 is 2.25 bits per heavy atom. The fourth-order valence-electron chi connectivity index (χ4n) is 0.905. The lowest BCUT2D eigenvalue weighted by Crippen LogP contribution is -1.95. The van der Waals surface area contributed by atoms with Gasteiger partial charge in [0.25, 0.3) is 0 Å². The molecule has 66 valence electrons. The van der Waals surface area contributed by atoms with Crippen LogP contribution in [0.5, 0.6) is 0 Å². The van der Waals surface area contributed by atoms with Crippen molar-refractivity contribution in [3.63, 3.8) is 0 Å². The fourth-order valence-corrected chi connectivity index (χ4v) is 1.56. The molecule has 0 bridgehead atoms. The third kappa shape index (κ3) is 2.60. The third-order valence-electron chi connectivity index (χ3n) is 1.57. The number of nitrogens with two attached hydrogens (primary N) is 1. The van der Waals surface area contributed by atoms with E-state index in [2.05, 4.69) is 11.7 Å². The molecule has 0 saturated heterocycles. The second-order valence-corrected chi connectivity index (χ2v) is 4.05. The zero-order chi connectivity index (χ0) is 8.97.